The summed E-state index contributed by atoms with van der Waals surface area (Å²) < 4.78 is 0. The molecule has 0 bridgehead atoms. The van der Waals surface area contributed by atoms with E-state index in [4.69, 9.17) is 0 Å². The first kappa shape index (κ1) is 14.6. The molecule has 0 heterocycles. The summed E-state index contributed by atoms with van der Waals surface area (Å²) in [4.78, 5) is 13.1. The molecule has 0 radical (unpaired) electrons. The Morgan fingerprint density at radius 3 is 1.96 bits per heavy atom. The Bertz CT molecular complexity index is 978. The van der Waals surface area contributed by atoms with E-state index in [1.165, 1.54) is 11.1 Å². The van der Waals surface area contributed by atoms with Gasteiger partial charge in [0.2, 0.25) is 0 Å². The zero-order valence-corrected chi connectivity index (χ0v) is 13.8. The lowest BCUT2D eigenvalue weighted by atomic mass is 9.90. The first-order valence-electron chi connectivity index (χ1n) is 8.19. The molecule has 3 aromatic rings. The summed E-state index contributed by atoms with van der Waals surface area (Å²) in [7, 11) is 0. The van der Waals surface area contributed by atoms with Crippen molar-refractivity contribution in [1.82, 2.24) is 0 Å². The first-order valence-corrected chi connectivity index (χ1v) is 8.19. The standard InChI is InChI=1S/C23H18O/c1-15-9-8-14-18(16(15)2)22-19-12-6-7-13-20(19)23(24)21(22)17-10-4-3-5-11-17/h3-14H,1-2H3. The molecule has 116 valence electrons. The highest BCUT2D eigenvalue weighted by Gasteiger charge is 2.31. The molecule has 24 heavy (non-hydrogen) atoms. The van der Waals surface area contributed by atoms with Crippen LogP contribution < -0.4 is 0 Å². The van der Waals surface area contributed by atoms with E-state index < -0.39 is 0 Å². The number of hydrogen-bond acceptors (Lipinski definition) is 1. The predicted octanol–water partition coefficient (Wildman–Crippen LogP) is 5.46. The minimum atomic E-state index is 0.118. The summed E-state index contributed by atoms with van der Waals surface area (Å²) in [6.07, 6.45) is 0. The summed E-state index contributed by atoms with van der Waals surface area (Å²) in [6, 6.07) is 24.2. The third kappa shape index (κ3) is 2.13. The number of carbonyl (C=O) groups excluding carboxylic acids is 1. The van der Waals surface area contributed by atoms with Gasteiger partial charge in [-0.25, -0.2) is 0 Å². The van der Waals surface area contributed by atoms with Crippen molar-refractivity contribution < 1.29 is 4.79 Å². The van der Waals surface area contributed by atoms with Gasteiger partial charge < -0.3 is 0 Å². The van der Waals surface area contributed by atoms with Gasteiger partial charge >= 0.3 is 0 Å². The van der Waals surface area contributed by atoms with Gasteiger partial charge in [-0.15, -0.1) is 0 Å². The maximum atomic E-state index is 13.1. The summed E-state index contributed by atoms with van der Waals surface area (Å²) in [6.45, 7) is 4.25. The Morgan fingerprint density at radius 2 is 1.21 bits per heavy atom. The van der Waals surface area contributed by atoms with E-state index in [9.17, 15) is 4.79 Å². The fourth-order valence-electron chi connectivity index (χ4n) is 3.46. The SMILES string of the molecule is Cc1cccc(C2=C(c3ccccc3)C(=O)c3ccccc32)c1C. The molecule has 0 saturated carbocycles. The van der Waals surface area contributed by atoms with E-state index in [0.29, 0.717) is 0 Å². The van der Waals surface area contributed by atoms with E-state index in [1.54, 1.807) is 0 Å². The van der Waals surface area contributed by atoms with Crippen molar-refractivity contribution in [1.29, 1.82) is 0 Å². The average Bonchev–Trinajstić information content (AvgIpc) is 2.91. The first-order chi connectivity index (χ1) is 11.7. The number of aryl methyl sites for hydroxylation is 1. The number of carbonyl (C=O) groups is 1. The van der Waals surface area contributed by atoms with Crippen molar-refractivity contribution in [3.05, 3.63) is 106 Å². The quantitative estimate of drug-likeness (QED) is 0.614. The highest BCUT2D eigenvalue weighted by Crippen LogP contribution is 2.43. The van der Waals surface area contributed by atoms with Crippen LogP contribution in [-0.2, 0) is 0 Å². The molecule has 0 amide bonds. The minimum absolute atomic E-state index is 0.118. The molecule has 1 aliphatic rings. The summed E-state index contributed by atoms with van der Waals surface area (Å²) in [5.41, 5.74) is 8.30. The van der Waals surface area contributed by atoms with Gasteiger partial charge in [0.05, 0.1) is 0 Å². The van der Waals surface area contributed by atoms with Crippen LogP contribution in [0.15, 0.2) is 72.8 Å². The zero-order chi connectivity index (χ0) is 16.7. The molecule has 0 aromatic heterocycles. The Morgan fingerprint density at radius 1 is 0.583 bits per heavy atom. The van der Waals surface area contributed by atoms with E-state index in [2.05, 4.69) is 38.1 Å². The predicted molar refractivity (Wildman–Crippen MR) is 99.0 cm³/mol. The fraction of sp³-hybridized carbons (Fsp3) is 0.0870. The van der Waals surface area contributed by atoms with Crippen LogP contribution in [0.2, 0.25) is 0 Å². The smallest absolute Gasteiger partial charge is 0.194 e. The second-order valence-corrected chi connectivity index (χ2v) is 6.24. The van der Waals surface area contributed by atoms with Gasteiger partial charge in [-0.2, -0.15) is 0 Å². The number of ketones is 1. The van der Waals surface area contributed by atoms with Crippen LogP contribution >= 0.6 is 0 Å². The maximum Gasteiger partial charge on any atom is 0.194 e. The number of Topliss-reactive ketones (excluding diaryl/α,β-unsaturated/α-hetero) is 1. The van der Waals surface area contributed by atoms with Crippen molar-refractivity contribution in [3.8, 4) is 0 Å². The molecule has 4 rings (SSSR count). The highest BCUT2D eigenvalue weighted by molar-refractivity contribution is 6.41. The maximum absolute atomic E-state index is 13.1. The number of benzene rings is 3. The summed E-state index contributed by atoms with van der Waals surface area (Å²) in [5, 5.41) is 0. The van der Waals surface area contributed by atoms with Crippen LogP contribution in [0.5, 0.6) is 0 Å². The van der Waals surface area contributed by atoms with Crippen LogP contribution in [0.1, 0.15) is 38.2 Å². The van der Waals surface area contributed by atoms with Gasteiger partial charge in [-0.1, -0.05) is 72.8 Å². The van der Waals surface area contributed by atoms with E-state index in [1.807, 2.05) is 48.5 Å². The van der Waals surface area contributed by atoms with Crippen molar-refractivity contribution in [2.24, 2.45) is 0 Å². The Labute approximate surface area is 142 Å². The molecule has 1 aliphatic carbocycles. The number of allylic oxidation sites excluding steroid dienone is 1. The van der Waals surface area contributed by atoms with E-state index >= 15 is 0 Å². The lowest BCUT2D eigenvalue weighted by Gasteiger charge is -2.13. The number of hydrogen-bond donors (Lipinski definition) is 0. The van der Waals surface area contributed by atoms with Gasteiger partial charge in [-0.05, 0) is 41.7 Å². The van der Waals surface area contributed by atoms with Crippen LogP contribution in [0.4, 0.5) is 0 Å². The van der Waals surface area contributed by atoms with Gasteiger partial charge in [0.1, 0.15) is 0 Å². The third-order valence-corrected chi connectivity index (χ3v) is 4.85. The van der Waals surface area contributed by atoms with Crippen molar-refractivity contribution in [2.75, 3.05) is 0 Å². The highest BCUT2D eigenvalue weighted by atomic mass is 16.1. The normalized spacial score (nSPS) is 13.3. The molecule has 0 spiro atoms. The number of rotatable bonds is 2. The number of fused-ring (bicyclic) bond motifs is 1. The Balaban J connectivity index is 2.09. The van der Waals surface area contributed by atoms with Crippen molar-refractivity contribution in [2.45, 2.75) is 13.8 Å². The molecule has 0 N–H and O–H groups in total. The molecule has 1 heteroatoms. The van der Waals surface area contributed by atoms with Gasteiger partial charge in [-0.3, -0.25) is 4.79 Å². The fourth-order valence-corrected chi connectivity index (χ4v) is 3.46. The van der Waals surface area contributed by atoms with Crippen LogP contribution in [-0.4, -0.2) is 5.78 Å². The van der Waals surface area contributed by atoms with Crippen molar-refractivity contribution >= 4 is 16.9 Å². The molecule has 1 nitrogen and oxygen atoms in total. The average molecular weight is 310 g/mol. The summed E-state index contributed by atoms with van der Waals surface area (Å²) in [5.74, 6) is 0.118. The second-order valence-electron chi connectivity index (χ2n) is 6.24. The molecule has 0 unspecified atom stereocenters. The molecule has 0 fully saturated rings. The third-order valence-electron chi connectivity index (χ3n) is 4.85. The molecule has 0 atom stereocenters. The zero-order valence-electron chi connectivity index (χ0n) is 13.8. The molecular formula is C23H18O. The van der Waals surface area contributed by atoms with Crippen LogP contribution in [0, 0.1) is 13.8 Å². The van der Waals surface area contributed by atoms with Gasteiger partial charge in [0.15, 0.2) is 5.78 Å². The lowest BCUT2D eigenvalue weighted by Crippen LogP contribution is -1.98. The molecular weight excluding hydrogens is 292 g/mol. The van der Waals surface area contributed by atoms with E-state index in [-0.39, 0.29) is 5.78 Å². The van der Waals surface area contributed by atoms with E-state index in [0.717, 1.165) is 33.4 Å². The minimum Gasteiger partial charge on any atom is -0.289 e. The largest absolute Gasteiger partial charge is 0.289 e. The molecule has 3 aromatic carbocycles. The van der Waals surface area contributed by atoms with Gasteiger partial charge in [0, 0.05) is 16.7 Å². The summed E-state index contributed by atoms with van der Waals surface area (Å²) >= 11 is 0. The Hall–Kier alpha value is -2.93. The van der Waals surface area contributed by atoms with Crippen molar-refractivity contribution in [3.63, 3.8) is 0 Å². The van der Waals surface area contributed by atoms with Gasteiger partial charge in [0.25, 0.3) is 0 Å². The molecule has 0 saturated heterocycles. The van der Waals surface area contributed by atoms with Crippen LogP contribution in [0.25, 0.3) is 11.1 Å². The topological polar surface area (TPSA) is 17.1 Å². The van der Waals surface area contributed by atoms with Crippen LogP contribution in [0.3, 0.4) is 0 Å². The lowest BCUT2D eigenvalue weighted by molar-refractivity contribution is 0.105. The molecule has 0 aliphatic heterocycles. The Kier molecular flexibility index (Phi) is 3.42. The second kappa shape index (κ2) is 5.61. The monoisotopic (exact) mass is 310 g/mol.